The Morgan fingerprint density at radius 3 is 2.62 bits per heavy atom. The maximum Gasteiger partial charge on any atom is 0.119 e. The summed E-state index contributed by atoms with van der Waals surface area (Å²) in [6.45, 7) is 5.07. The first-order chi connectivity index (χ1) is 10.2. The van der Waals surface area contributed by atoms with Crippen molar-refractivity contribution in [2.75, 3.05) is 13.1 Å². The molecule has 4 nitrogen and oxygen atoms in total. The van der Waals surface area contributed by atoms with Crippen molar-refractivity contribution in [3.63, 3.8) is 0 Å². The molecule has 0 bridgehead atoms. The molecule has 112 valence electrons. The van der Waals surface area contributed by atoms with E-state index in [-0.39, 0.29) is 11.9 Å². The number of aromatic nitrogens is 1. The summed E-state index contributed by atoms with van der Waals surface area (Å²) in [6, 6.07) is 6.96. The van der Waals surface area contributed by atoms with Crippen LogP contribution in [-0.4, -0.2) is 34.2 Å². The van der Waals surface area contributed by atoms with Gasteiger partial charge in [-0.3, -0.25) is 4.90 Å². The van der Waals surface area contributed by atoms with Gasteiger partial charge < -0.3 is 9.84 Å². The van der Waals surface area contributed by atoms with E-state index in [1.807, 2.05) is 19.1 Å². The average Bonchev–Trinajstić information content (AvgIpc) is 2.89. The predicted octanol–water partition coefficient (Wildman–Crippen LogP) is 3.20. The third kappa shape index (κ3) is 3.95. The summed E-state index contributed by atoms with van der Waals surface area (Å²) in [7, 11) is 0. The smallest absolute Gasteiger partial charge is 0.119 e. The molecule has 2 heterocycles. The highest BCUT2D eigenvalue weighted by atomic mass is 32.1. The summed E-state index contributed by atoms with van der Waals surface area (Å²) in [5, 5.41) is 12.6. The zero-order chi connectivity index (χ0) is 14.7. The van der Waals surface area contributed by atoms with Gasteiger partial charge in [-0.1, -0.05) is 0 Å². The molecule has 2 aromatic rings. The van der Waals surface area contributed by atoms with Crippen LogP contribution in [0, 0.1) is 6.92 Å². The van der Waals surface area contributed by atoms with Gasteiger partial charge in [-0.15, -0.1) is 11.3 Å². The quantitative estimate of drug-likeness (QED) is 0.942. The highest BCUT2D eigenvalue weighted by Crippen LogP contribution is 2.22. The van der Waals surface area contributed by atoms with Crippen LogP contribution in [0.4, 0.5) is 0 Å². The lowest BCUT2D eigenvalue weighted by Gasteiger charge is -2.31. The molecule has 1 saturated heterocycles. The number of nitrogens with zero attached hydrogens (tertiary/aromatic N) is 2. The van der Waals surface area contributed by atoms with Gasteiger partial charge in [0.2, 0.25) is 0 Å². The lowest BCUT2D eigenvalue weighted by Crippen LogP contribution is -2.37. The van der Waals surface area contributed by atoms with Crippen molar-refractivity contribution in [2.45, 2.75) is 32.4 Å². The Hall–Kier alpha value is -1.59. The minimum atomic E-state index is 0.267. The molecule has 0 atom stereocenters. The number of aromatic hydroxyl groups is 1. The predicted molar refractivity (Wildman–Crippen MR) is 83.9 cm³/mol. The molecule has 0 radical (unpaired) electrons. The number of thiazole rings is 1. The number of piperidine rings is 1. The van der Waals surface area contributed by atoms with Crippen LogP contribution in [0.2, 0.25) is 0 Å². The Morgan fingerprint density at radius 1 is 1.29 bits per heavy atom. The molecule has 0 saturated carbocycles. The van der Waals surface area contributed by atoms with E-state index in [2.05, 4.69) is 15.3 Å². The number of aryl methyl sites for hydroxylation is 1. The number of phenols is 1. The number of ether oxygens (including phenoxy) is 1. The standard InChI is InChI=1S/C16H20N2O2S/c1-12-17-13(11-21-12)10-18-8-6-16(7-9-18)20-15-4-2-14(19)3-5-15/h2-5,11,16,19H,6-10H2,1H3. The van der Waals surface area contributed by atoms with Gasteiger partial charge in [0.05, 0.1) is 10.7 Å². The second-order valence-corrected chi connectivity index (χ2v) is 6.51. The fourth-order valence-electron chi connectivity index (χ4n) is 2.61. The Morgan fingerprint density at radius 2 is 2.00 bits per heavy atom. The first-order valence-electron chi connectivity index (χ1n) is 7.28. The summed E-state index contributed by atoms with van der Waals surface area (Å²) in [5.41, 5.74) is 1.18. The van der Waals surface area contributed by atoms with Gasteiger partial charge in [0.1, 0.15) is 17.6 Å². The third-order valence-corrected chi connectivity index (χ3v) is 4.55. The number of likely N-dealkylation sites (tertiary alicyclic amines) is 1. The molecule has 1 aromatic heterocycles. The number of phenolic OH excluding ortho intramolecular Hbond substituents is 1. The molecule has 0 unspecified atom stereocenters. The first-order valence-corrected chi connectivity index (χ1v) is 8.16. The number of benzene rings is 1. The van der Waals surface area contributed by atoms with Gasteiger partial charge in [-0.25, -0.2) is 4.98 Å². The van der Waals surface area contributed by atoms with Gasteiger partial charge in [0.25, 0.3) is 0 Å². The molecule has 0 spiro atoms. The van der Waals surface area contributed by atoms with Crippen LogP contribution in [0.15, 0.2) is 29.6 Å². The summed E-state index contributed by atoms with van der Waals surface area (Å²) in [5.74, 6) is 1.11. The van der Waals surface area contributed by atoms with Crippen molar-refractivity contribution in [3.8, 4) is 11.5 Å². The van der Waals surface area contributed by atoms with Crippen LogP contribution in [0.1, 0.15) is 23.5 Å². The molecule has 1 N–H and O–H groups in total. The van der Waals surface area contributed by atoms with E-state index in [9.17, 15) is 5.11 Å². The van der Waals surface area contributed by atoms with Crippen LogP contribution >= 0.6 is 11.3 Å². The van der Waals surface area contributed by atoms with Gasteiger partial charge in [0, 0.05) is 25.0 Å². The third-order valence-electron chi connectivity index (χ3n) is 3.73. The van der Waals surface area contributed by atoms with Crippen LogP contribution in [0.3, 0.4) is 0 Å². The zero-order valence-corrected chi connectivity index (χ0v) is 13.0. The van der Waals surface area contributed by atoms with Gasteiger partial charge in [-0.2, -0.15) is 0 Å². The summed E-state index contributed by atoms with van der Waals surface area (Å²) in [4.78, 5) is 6.96. The van der Waals surface area contributed by atoms with Gasteiger partial charge in [0.15, 0.2) is 0 Å². The van der Waals surface area contributed by atoms with Gasteiger partial charge >= 0.3 is 0 Å². The Balaban J connectivity index is 1.47. The molecule has 0 aliphatic carbocycles. The zero-order valence-electron chi connectivity index (χ0n) is 12.2. The first kappa shape index (κ1) is 14.4. The molecule has 21 heavy (non-hydrogen) atoms. The molecule has 1 fully saturated rings. The maximum atomic E-state index is 9.27. The normalized spacial score (nSPS) is 17.0. The molecule has 5 heteroatoms. The van der Waals surface area contributed by atoms with E-state index in [4.69, 9.17) is 4.74 Å². The minimum absolute atomic E-state index is 0.267. The van der Waals surface area contributed by atoms with Crippen molar-refractivity contribution in [1.82, 2.24) is 9.88 Å². The summed E-state index contributed by atoms with van der Waals surface area (Å²) < 4.78 is 5.96. The number of hydrogen-bond acceptors (Lipinski definition) is 5. The van der Waals surface area contributed by atoms with Crippen molar-refractivity contribution in [3.05, 3.63) is 40.3 Å². The fourth-order valence-corrected chi connectivity index (χ4v) is 3.22. The Bertz CT molecular complexity index is 574. The van der Waals surface area contributed by atoms with Gasteiger partial charge in [-0.05, 0) is 44.0 Å². The summed E-state index contributed by atoms with van der Waals surface area (Å²) >= 11 is 1.71. The molecular formula is C16H20N2O2S. The van der Waals surface area contributed by atoms with Crippen LogP contribution in [0.5, 0.6) is 11.5 Å². The second kappa shape index (κ2) is 6.45. The van der Waals surface area contributed by atoms with Crippen molar-refractivity contribution < 1.29 is 9.84 Å². The van der Waals surface area contributed by atoms with E-state index < -0.39 is 0 Å². The fraction of sp³-hybridized carbons (Fsp3) is 0.438. The van der Waals surface area contributed by atoms with E-state index in [0.29, 0.717) is 0 Å². The SMILES string of the molecule is Cc1nc(CN2CCC(Oc3ccc(O)cc3)CC2)cs1. The molecule has 1 aromatic carbocycles. The van der Waals surface area contributed by atoms with Crippen LogP contribution < -0.4 is 4.74 Å². The van der Waals surface area contributed by atoms with Crippen molar-refractivity contribution in [1.29, 1.82) is 0 Å². The molecule has 0 amide bonds. The lowest BCUT2D eigenvalue weighted by atomic mass is 10.1. The topological polar surface area (TPSA) is 45.6 Å². The molecule has 1 aliphatic heterocycles. The Kier molecular flexibility index (Phi) is 4.41. The van der Waals surface area contributed by atoms with E-state index in [1.54, 1.807) is 23.5 Å². The van der Waals surface area contributed by atoms with Crippen molar-refractivity contribution in [2.24, 2.45) is 0 Å². The number of hydrogen-bond donors (Lipinski definition) is 1. The molecule has 1 aliphatic rings. The average molecular weight is 304 g/mol. The maximum absolute atomic E-state index is 9.27. The molecular weight excluding hydrogens is 284 g/mol. The van der Waals surface area contributed by atoms with E-state index >= 15 is 0 Å². The largest absolute Gasteiger partial charge is 0.508 e. The van der Waals surface area contributed by atoms with E-state index in [0.717, 1.165) is 43.2 Å². The lowest BCUT2D eigenvalue weighted by molar-refractivity contribution is 0.0961. The van der Waals surface area contributed by atoms with Crippen molar-refractivity contribution >= 4 is 11.3 Å². The van der Waals surface area contributed by atoms with Crippen LogP contribution in [0.25, 0.3) is 0 Å². The monoisotopic (exact) mass is 304 g/mol. The van der Waals surface area contributed by atoms with Crippen LogP contribution in [-0.2, 0) is 6.54 Å². The summed E-state index contributed by atoms with van der Waals surface area (Å²) in [6.07, 6.45) is 2.33. The minimum Gasteiger partial charge on any atom is -0.508 e. The Labute approximate surface area is 129 Å². The number of rotatable bonds is 4. The second-order valence-electron chi connectivity index (χ2n) is 5.45. The highest BCUT2D eigenvalue weighted by molar-refractivity contribution is 7.09. The molecule has 3 rings (SSSR count). The van der Waals surface area contributed by atoms with E-state index in [1.165, 1.54) is 5.69 Å². The highest BCUT2D eigenvalue weighted by Gasteiger charge is 2.21.